The highest BCUT2D eigenvalue weighted by molar-refractivity contribution is 8.03. The molecule has 136 valence electrons. The summed E-state index contributed by atoms with van der Waals surface area (Å²) < 4.78 is 2.10. The van der Waals surface area contributed by atoms with Crippen LogP contribution in [-0.4, -0.2) is 9.97 Å². The van der Waals surface area contributed by atoms with Gasteiger partial charge in [-0.25, -0.2) is 9.97 Å². The third kappa shape index (κ3) is 3.85. The Morgan fingerprint density at radius 1 is 0.667 bits per heavy atom. The maximum absolute atomic E-state index is 6.03. The predicted octanol–water partition coefficient (Wildman–Crippen LogP) is 5.87. The first-order chi connectivity index (χ1) is 13.0. The molecular formula is C20H18N4S3. The number of aryl methyl sites for hydroxylation is 2. The lowest BCUT2D eigenvalue weighted by atomic mass is 10.1. The zero-order valence-electron chi connectivity index (χ0n) is 14.9. The quantitative estimate of drug-likeness (QED) is 0.440. The summed E-state index contributed by atoms with van der Waals surface area (Å²) in [4.78, 5) is 9.11. The molecule has 4 rings (SSSR count). The molecule has 2 aromatic heterocycles. The summed E-state index contributed by atoms with van der Waals surface area (Å²) >= 11 is 4.62. The number of nitrogens with two attached hydrogens (primary N) is 2. The molecule has 0 unspecified atom stereocenters. The van der Waals surface area contributed by atoms with Gasteiger partial charge in [0.05, 0.1) is 19.8 Å². The van der Waals surface area contributed by atoms with Gasteiger partial charge in [-0.3, -0.25) is 0 Å². The second-order valence-corrected chi connectivity index (χ2v) is 9.81. The Hall–Kier alpha value is -2.35. The fourth-order valence-corrected chi connectivity index (χ4v) is 6.02. The highest BCUT2D eigenvalue weighted by atomic mass is 32.2. The summed E-state index contributed by atoms with van der Waals surface area (Å²) in [5.74, 6) is 0. The van der Waals surface area contributed by atoms with Gasteiger partial charge in [-0.15, -0.1) is 0 Å². The van der Waals surface area contributed by atoms with Gasteiger partial charge in [0.15, 0.2) is 10.3 Å². The highest BCUT2D eigenvalue weighted by Crippen LogP contribution is 2.46. The van der Waals surface area contributed by atoms with Gasteiger partial charge >= 0.3 is 0 Å². The largest absolute Gasteiger partial charge is 0.375 e. The van der Waals surface area contributed by atoms with Crippen LogP contribution in [0, 0.1) is 13.8 Å². The number of benzene rings is 2. The van der Waals surface area contributed by atoms with Crippen molar-refractivity contribution in [3.8, 4) is 22.5 Å². The number of nitrogen functional groups attached to an aromatic ring is 2. The molecule has 0 fully saturated rings. The molecule has 0 aliphatic carbocycles. The van der Waals surface area contributed by atoms with Gasteiger partial charge in [0.1, 0.15) is 0 Å². The number of hydrogen-bond acceptors (Lipinski definition) is 7. The summed E-state index contributed by atoms with van der Waals surface area (Å²) in [5, 5.41) is 1.12. The Morgan fingerprint density at radius 2 is 1.04 bits per heavy atom. The topological polar surface area (TPSA) is 77.8 Å². The molecule has 0 amide bonds. The van der Waals surface area contributed by atoms with Crippen molar-refractivity contribution in [3.63, 3.8) is 0 Å². The Morgan fingerprint density at radius 3 is 1.41 bits per heavy atom. The van der Waals surface area contributed by atoms with Crippen LogP contribution in [0.4, 0.5) is 10.3 Å². The lowest BCUT2D eigenvalue weighted by Gasteiger charge is -2.04. The summed E-state index contributed by atoms with van der Waals surface area (Å²) in [7, 11) is 0. The Kier molecular flexibility index (Phi) is 4.90. The molecule has 7 heteroatoms. The van der Waals surface area contributed by atoms with Crippen molar-refractivity contribution < 1.29 is 0 Å². The van der Waals surface area contributed by atoms with Crippen molar-refractivity contribution in [2.75, 3.05) is 11.5 Å². The summed E-state index contributed by atoms with van der Waals surface area (Å²) in [6, 6.07) is 16.7. The van der Waals surface area contributed by atoms with E-state index in [0.29, 0.717) is 10.3 Å². The number of aromatic nitrogens is 2. The molecule has 0 aliphatic heterocycles. The molecule has 0 bridgehead atoms. The second-order valence-electron chi connectivity index (χ2n) is 6.21. The summed E-state index contributed by atoms with van der Waals surface area (Å²) in [5.41, 5.74) is 18.4. The van der Waals surface area contributed by atoms with Crippen LogP contribution in [0.5, 0.6) is 0 Å². The third-order valence-corrected chi connectivity index (χ3v) is 7.18. The van der Waals surface area contributed by atoms with E-state index in [-0.39, 0.29) is 0 Å². The highest BCUT2D eigenvalue weighted by Gasteiger charge is 2.18. The molecule has 27 heavy (non-hydrogen) atoms. The van der Waals surface area contributed by atoms with Gasteiger partial charge in [-0.1, -0.05) is 94.1 Å². The van der Waals surface area contributed by atoms with Crippen LogP contribution < -0.4 is 11.5 Å². The lowest BCUT2D eigenvalue weighted by molar-refractivity contribution is 1.34. The van der Waals surface area contributed by atoms with E-state index in [9.17, 15) is 0 Å². The van der Waals surface area contributed by atoms with Crippen molar-refractivity contribution in [3.05, 3.63) is 59.7 Å². The molecular weight excluding hydrogens is 392 g/mol. The molecule has 0 aliphatic rings. The van der Waals surface area contributed by atoms with Gasteiger partial charge in [0, 0.05) is 11.1 Å². The lowest BCUT2D eigenvalue weighted by Crippen LogP contribution is -1.85. The van der Waals surface area contributed by atoms with Crippen LogP contribution in [0.25, 0.3) is 22.5 Å². The van der Waals surface area contributed by atoms with Gasteiger partial charge in [0.25, 0.3) is 0 Å². The average molecular weight is 411 g/mol. The molecule has 0 radical (unpaired) electrons. The van der Waals surface area contributed by atoms with Gasteiger partial charge < -0.3 is 11.5 Å². The minimum atomic E-state index is 0.558. The van der Waals surface area contributed by atoms with Crippen LogP contribution >= 0.6 is 34.4 Å². The molecule has 0 atom stereocenters. The fourth-order valence-electron chi connectivity index (χ4n) is 2.65. The van der Waals surface area contributed by atoms with E-state index in [1.165, 1.54) is 33.8 Å². The number of hydrogen-bond donors (Lipinski definition) is 2. The van der Waals surface area contributed by atoms with Crippen LogP contribution in [0.2, 0.25) is 0 Å². The van der Waals surface area contributed by atoms with E-state index in [2.05, 4.69) is 72.3 Å². The van der Waals surface area contributed by atoms with Crippen molar-refractivity contribution >= 4 is 44.7 Å². The monoisotopic (exact) mass is 410 g/mol. The van der Waals surface area contributed by atoms with E-state index < -0.39 is 0 Å². The van der Waals surface area contributed by atoms with Crippen LogP contribution in [0.1, 0.15) is 11.1 Å². The first kappa shape index (κ1) is 18.0. The second kappa shape index (κ2) is 7.34. The molecule has 0 saturated heterocycles. The van der Waals surface area contributed by atoms with E-state index >= 15 is 0 Å². The minimum absolute atomic E-state index is 0.558. The average Bonchev–Trinajstić information content (AvgIpc) is 3.19. The first-order valence-electron chi connectivity index (χ1n) is 8.34. The van der Waals surface area contributed by atoms with E-state index in [1.807, 2.05) is 0 Å². The zero-order chi connectivity index (χ0) is 19.0. The van der Waals surface area contributed by atoms with Gasteiger partial charge in [-0.2, -0.15) is 0 Å². The van der Waals surface area contributed by atoms with E-state index in [4.69, 9.17) is 11.5 Å². The van der Waals surface area contributed by atoms with Gasteiger partial charge in [-0.05, 0) is 13.8 Å². The Bertz CT molecular complexity index is 992. The predicted molar refractivity (Wildman–Crippen MR) is 118 cm³/mol. The zero-order valence-corrected chi connectivity index (χ0v) is 17.3. The first-order valence-corrected chi connectivity index (χ1v) is 10.8. The number of thiazole rings is 2. The minimum Gasteiger partial charge on any atom is -0.375 e. The molecule has 4 aromatic rings. The Balaban J connectivity index is 1.73. The third-order valence-electron chi connectivity index (χ3n) is 4.06. The number of rotatable bonds is 4. The standard InChI is InChI=1S/C20H18N4S3/c1-11-3-7-13(8-4-11)15-17(26-19(21)23-15)25-18-16(24-20(22)27-18)14-9-5-12(2)6-10-14/h3-10H,1-2H3,(H2,21,23)(H2,22,24). The fraction of sp³-hybridized carbons (Fsp3) is 0.100. The van der Waals surface area contributed by atoms with E-state index in [0.717, 1.165) is 30.9 Å². The Labute approximate surface area is 170 Å². The van der Waals surface area contributed by atoms with Crippen molar-refractivity contribution in [1.29, 1.82) is 0 Å². The molecule has 4 N–H and O–H groups in total. The normalized spacial score (nSPS) is 11.0. The van der Waals surface area contributed by atoms with Crippen molar-refractivity contribution in [2.45, 2.75) is 22.3 Å². The van der Waals surface area contributed by atoms with Gasteiger partial charge in [0.2, 0.25) is 0 Å². The van der Waals surface area contributed by atoms with E-state index in [1.54, 1.807) is 11.8 Å². The number of nitrogens with zero attached hydrogens (tertiary/aromatic N) is 2. The van der Waals surface area contributed by atoms with Crippen molar-refractivity contribution in [2.24, 2.45) is 0 Å². The molecule has 0 saturated carbocycles. The summed E-state index contributed by atoms with van der Waals surface area (Å²) in [6.45, 7) is 4.14. The maximum Gasteiger partial charge on any atom is 0.181 e. The molecule has 2 aromatic carbocycles. The molecule has 4 nitrogen and oxygen atoms in total. The molecule has 2 heterocycles. The van der Waals surface area contributed by atoms with Crippen LogP contribution in [-0.2, 0) is 0 Å². The maximum atomic E-state index is 6.03. The van der Waals surface area contributed by atoms with Crippen LogP contribution in [0.3, 0.4) is 0 Å². The smallest absolute Gasteiger partial charge is 0.181 e. The molecule has 0 spiro atoms. The number of anilines is 2. The SMILES string of the molecule is Cc1ccc(-c2nc(N)sc2Sc2sc(N)nc2-c2ccc(C)cc2)cc1. The van der Waals surface area contributed by atoms with Crippen molar-refractivity contribution in [1.82, 2.24) is 9.97 Å². The summed E-state index contributed by atoms with van der Waals surface area (Å²) in [6.07, 6.45) is 0. The van der Waals surface area contributed by atoms with Crippen LogP contribution in [0.15, 0.2) is 56.9 Å².